The number of rotatable bonds is 2. The molecule has 5 N–H and O–H groups in total. The summed E-state index contributed by atoms with van der Waals surface area (Å²) in [4.78, 5) is 19.2. The van der Waals surface area contributed by atoms with Crippen LogP contribution in [0.3, 0.4) is 0 Å². The summed E-state index contributed by atoms with van der Waals surface area (Å²) >= 11 is 0. The molecule has 0 aliphatic rings. The molecule has 1 aromatic carbocycles. The first kappa shape index (κ1) is 16.5. The van der Waals surface area contributed by atoms with E-state index in [9.17, 15) is 18.0 Å². The average molecular weight is 326 g/mol. The number of para-hydroxylation sites is 1. The van der Waals surface area contributed by atoms with E-state index in [1.807, 2.05) is 32.0 Å². The zero-order valence-corrected chi connectivity index (χ0v) is 12.4. The molecule has 0 atom stereocenters. The number of alkyl halides is 3. The van der Waals surface area contributed by atoms with Crippen molar-refractivity contribution in [2.75, 3.05) is 5.32 Å². The molecule has 2 rings (SSSR count). The number of benzene rings is 1. The number of nitrogens with two attached hydrogens (primary N) is 1. The lowest BCUT2D eigenvalue weighted by Crippen LogP contribution is -2.73. The van der Waals surface area contributed by atoms with E-state index in [0.29, 0.717) is 11.8 Å². The molecule has 9 heteroatoms. The van der Waals surface area contributed by atoms with E-state index in [-0.39, 0.29) is 5.96 Å². The summed E-state index contributed by atoms with van der Waals surface area (Å²) in [7, 11) is 0. The van der Waals surface area contributed by atoms with Gasteiger partial charge in [-0.1, -0.05) is 18.2 Å². The number of H-pyrrole nitrogens is 1. The number of nitrogens with one attached hydrogen (secondary N) is 3. The Hall–Kier alpha value is -2.84. The van der Waals surface area contributed by atoms with E-state index in [2.05, 4.69) is 20.3 Å². The van der Waals surface area contributed by atoms with Crippen molar-refractivity contribution < 1.29 is 18.2 Å². The van der Waals surface area contributed by atoms with Gasteiger partial charge in [-0.05, 0) is 25.0 Å². The van der Waals surface area contributed by atoms with Gasteiger partial charge in [0.1, 0.15) is 0 Å². The maximum Gasteiger partial charge on any atom is 0.443 e. The van der Waals surface area contributed by atoms with Gasteiger partial charge in [-0.15, -0.1) is 4.98 Å². The summed E-state index contributed by atoms with van der Waals surface area (Å²) in [5.41, 5.74) is 6.02. The van der Waals surface area contributed by atoms with Crippen molar-refractivity contribution in [2.24, 2.45) is 5.73 Å². The van der Waals surface area contributed by atoms with Crippen molar-refractivity contribution in [3.63, 3.8) is 0 Å². The molecule has 0 saturated carbocycles. The fourth-order valence-corrected chi connectivity index (χ4v) is 1.97. The molecule has 0 bridgehead atoms. The lowest BCUT2D eigenvalue weighted by molar-refractivity contribution is -0.366. The standard InChI is InChI=1S/C14H14F3N5O/c1-7-4-3-5-8(2)11(7)21-12(18)22-13-19-9(14(15,16)17)6-10(23)20-13/h3-6H,1-2H3,(H4,18,19,20,21,22,23)/p+1. The predicted octanol–water partition coefficient (Wildman–Crippen LogP) is 0.544. The van der Waals surface area contributed by atoms with Gasteiger partial charge < -0.3 is 5.73 Å². The first-order valence-electron chi connectivity index (χ1n) is 6.58. The zero-order valence-electron chi connectivity index (χ0n) is 12.4. The average Bonchev–Trinajstić information content (AvgIpc) is 2.41. The molecule has 0 aliphatic heterocycles. The Morgan fingerprint density at radius 3 is 2.48 bits per heavy atom. The maximum absolute atomic E-state index is 12.6. The van der Waals surface area contributed by atoms with E-state index in [1.165, 1.54) is 0 Å². The third-order valence-electron chi connectivity index (χ3n) is 3.03. The van der Waals surface area contributed by atoms with Crippen molar-refractivity contribution in [1.82, 2.24) is 9.97 Å². The topological polar surface area (TPSA) is 97.8 Å². The molecule has 0 fully saturated rings. The summed E-state index contributed by atoms with van der Waals surface area (Å²) in [5.74, 6) is -0.467. The molecule has 122 valence electrons. The van der Waals surface area contributed by atoms with Gasteiger partial charge in [-0.25, -0.2) is 9.98 Å². The summed E-state index contributed by atoms with van der Waals surface area (Å²) in [6.07, 6.45) is -4.72. The van der Waals surface area contributed by atoms with Gasteiger partial charge in [-0.3, -0.25) is 10.1 Å². The number of hydrogen-bond acceptors (Lipinski definition) is 2. The van der Waals surface area contributed by atoms with E-state index in [4.69, 9.17) is 5.73 Å². The highest BCUT2D eigenvalue weighted by Crippen LogP contribution is 2.26. The third-order valence-corrected chi connectivity index (χ3v) is 3.03. The fraction of sp³-hybridized carbons (Fsp3) is 0.214. The van der Waals surface area contributed by atoms with Crippen LogP contribution in [0, 0.1) is 13.8 Å². The SMILES string of the molecule is Cc1cccc(C)c1NC(N)=[NH+]c1nc(C(F)(F)F)cc(=O)[nH]1. The minimum atomic E-state index is -4.72. The van der Waals surface area contributed by atoms with E-state index in [0.717, 1.165) is 11.1 Å². The Morgan fingerprint density at radius 2 is 1.91 bits per heavy atom. The summed E-state index contributed by atoms with van der Waals surface area (Å²) in [6.45, 7) is 3.71. The monoisotopic (exact) mass is 326 g/mol. The van der Waals surface area contributed by atoms with Crippen LogP contribution in [0.15, 0.2) is 29.1 Å². The van der Waals surface area contributed by atoms with Crippen molar-refractivity contribution in [1.29, 1.82) is 0 Å². The van der Waals surface area contributed by atoms with Crippen LogP contribution in [0.2, 0.25) is 0 Å². The normalized spacial score (nSPS) is 12.3. The molecule has 0 saturated heterocycles. The molecule has 23 heavy (non-hydrogen) atoms. The van der Waals surface area contributed by atoms with Crippen LogP contribution in [0.25, 0.3) is 0 Å². The summed E-state index contributed by atoms with van der Waals surface area (Å²) < 4.78 is 37.9. The van der Waals surface area contributed by atoms with Gasteiger partial charge in [0.2, 0.25) is 0 Å². The first-order chi connectivity index (χ1) is 10.7. The largest absolute Gasteiger partial charge is 0.443 e. The quantitative estimate of drug-likeness (QED) is 0.478. The smallest absolute Gasteiger partial charge is 0.322 e. The number of halogens is 3. The lowest BCUT2D eigenvalue weighted by atomic mass is 10.1. The molecule has 1 heterocycles. The molecule has 0 spiro atoms. The van der Waals surface area contributed by atoms with Crippen LogP contribution >= 0.6 is 0 Å². The van der Waals surface area contributed by atoms with Crippen LogP contribution in [0.1, 0.15) is 16.8 Å². The van der Waals surface area contributed by atoms with Crippen molar-refractivity contribution in [3.05, 3.63) is 51.4 Å². The lowest BCUT2D eigenvalue weighted by Gasteiger charge is -2.08. The minimum absolute atomic E-state index is 0.0649. The first-order valence-corrected chi connectivity index (χ1v) is 6.58. The second-order valence-corrected chi connectivity index (χ2v) is 4.91. The Bertz CT molecular complexity index is 791. The molecule has 2 aromatic rings. The highest BCUT2D eigenvalue weighted by molar-refractivity contribution is 5.90. The molecular weight excluding hydrogens is 311 g/mol. The predicted molar refractivity (Wildman–Crippen MR) is 79.2 cm³/mol. The van der Waals surface area contributed by atoms with Gasteiger partial charge in [-0.2, -0.15) is 13.2 Å². The Balaban J connectivity index is 2.35. The highest BCUT2D eigenvalue weighted by Gasteiger charge is 2.35. The number of aromatic amines is 1. The van der Waals surface area contributed by atoms with Crippen molar-refractivity contribution in [2.45, 2.75) is 20.0 Å². The Kier molecular flexibility index (Phi) is 4.39. The molecule has 0 radical (unpaired) electrons. The van der Waals surface area contributed by atoms with Crippen molar-refractivity contribution >= 4 is 17.6 Å². The zero-order chi connectivity index (χ0) is 17.2. The fourth-order valence-electron chi connectivity index (χ4n) is 1.97. The molecule has 0 unspecified atom stereocenters. The van der Waals surface area contributed by atoms with Crippen LogP contribution in [-0.4, -0.2) is 15.9 Å². The van der Waals surface area contributed by atoms with E-state index < -0.39 is 23.4 Å². The van der Waals surface area contributed by atoms with Crippen molar-refractivity contribution in [3.8, 4) is 0 Å². The Labute approximate surface area is 129 Å². The van der Waals surface area contributed by atoms with E-state index >= 15 is 0 Å². The number of anilines is 1. The number of hydrogen-bond donors (Lipinski definition) is 4. The number of guanidine groups is 1. The second-order valence-electron chi connectivity index (χ2n) is 4.91. The summed E-state index contributed by atoms with van der Waals surface area (Å²) in [6, 6.07) is 5.95. The van der Waals surface area contributed by atoms with Crippen LogP contribution in [0.5, 0.6) is 0 Å². The van der Waals surface area contributed by atoms with E-state index in [1.54, 1.807) is 0 Å². The number of aromatic nitrogens is 2. The minimum Gasteiger partial charge on any atom is -0.322 e. The van der Waals surface area contributed by atoms with Crippen LogP contribution in [0.4, 0.5) is 24.8 Å². The molecular formula is C14H15F3N5O+. The van der Waals surface area contributed by atoms with Crippen LogP contribution in [-0.2, 0) is 6.18 Å². The van der Waals surface area contributed by atoms with Gasteiger partial charge in [0.15, 0.2) is 5.69 Å². The Morgan fingerprint density at radius 1 is 1.30 bits per heavy atom. The number of aryl methyl sites for hydroxylation is 2. The molecule has 0 aliphatic carbocycles. The molecule has 0 amide bonds. The van der Waals surface area contributed by atoms with Crippen LogP contribution < -0.4 is 21.6 Å². The van der Waals surface area contributed by atoms with Gasteiger partial charge in [0.05, 0.1) is 11.8 Å². The molecule has 1 aromatic heterocycles. The second kappa shape index (κ2) is 6.11. The summed E-state index contributed by atoms with van der Waals surface area (Å²) in [5, 5.41) is 2.84. The maximum atomic E-state index is 12.6. The van der Waals surface area contributed by atoms with Gasteiger partial charge in [0.25, 0.3) is 11.5 Å². The highest BCUT2D eigenvalue weighted by atomic mass is 19.4. The number of nitrogens with zero attached hydrogens (tertiary/aromatic N) is 1. The third kappa shape index (κ3) is 4.09. The van der Waals surface area contributed by atoms with Gasteiger partial charge >= 0.3 is 12.1 Å². The van der Waals surface area contributed by atoms with Gasteiger partial charge in [0, 0.05) is 0 Å². The molecule has 6 nitrogen and oxygen atoms in total.